The van der Waals surface area contributed by atoms with E-state index in [-0.39, 0.29) is 0 Å². The largest absolute Gasteiger partial charge is 0.494 e. The summed E-state index contributed by atoms with van der Waals surface area (Å²) in [5.41, 5.74) is 2.17. The molecule has 1 aliphatic carbocycles. The molecular weight excluding hydrogens is 260 g/mol. The molecule has 0 amide bonds. The highest BCUT2D eigenvalue weighted by molar-refractivity contribution is 5.80. The number of hydrogen-bond donors (Lipinski definition) is 1. The first kappa shape index (κ1) is 14.3. The van der Waals surface area contributed by atoms with Crippen molar-refractivity contribution in [3.05, 3.63) is 36.0 Å². The molecule has 1 heterocycles. The van der Waals surface area contributed by atoms with Crippen LogP contribution in [0.5, 0.6) is 5.75 Å². The number of rotatable bonds is 5. The minimum Gasteiger partial charge on any atom is -0.494 e. The maximum Gasteiger partial charge on any atom is 0.120 e. The molecule has 1 aliphatic rings. The fourth-order valence-corrected chi connectivity index (χ4v) is 3.06. The summed E-state index contributed by atoms with van der Waals surface area (Å²) in [5.74, 6) is 0.917. The lowest BCUT2D eigenvalue weighted by atomic mass is 9.95. The molecular formula is C18H24N2O. The van der Waals surface area contributed by atoms with Crippen LogP contribution in [0.15, 0.2) is 30.3 Å². The second kappa shape index (κ2) is 6.90. The summed E-state index contributed by atoms with van der Waals surface area (Å²) in [4.78, 5) is 4.74. The van der Waals surface area contributed by atoms with Gasteiger partial charge in [-0.05, 0) is 44.0 Å². The van der Waals surface area contributed by atoms with Gasteiger partial charge >= 0.3 is 0 Å². The lowest BCUT2D eigenvalue weighted by Gasteiger charge is -2.22. The van der Waals surface area contributed by atoms with Gasteiger partial charge in [-0.2, -0.15) is 0 Å². The summed E-state index contributed by atoms with van der Waals surface area (Å²) < 4.78 is 5.53. The molecule has 3 nitrogen and oxygen atoms in total. The van der Waals surface area contributed by atoms with Crippen molar-refractivity contribution >= 4 is 10.9 Å². The first-order valence-electron chi connectivity index (χ1n) is 8.11. The van der Waals surface area contributed by atoms with Crippen LogP contribution >= 0.6 is 0 Å². The van der Waals surface area contributed by atoms with Gasteiger partial charge in [0, 0.05) is 18.0 Å². The molecule has 112 valence electrons. The molecule has 2 aromatic rings. The Labute approximate surface area is 126 Å². The fraction of sp³-hybridized carbons (Fsp3) is 0.500. The monoisotopic (exact) mass is 284 g/mol. The van der Waals surface area contributed by atoms with Crippen molar-refractivity contribution in [2.75, 3.05) is 6.61 Å². The number of fused-ring (bicyclic) bond motifs is 1. The molecule has 0 spiro atoms. The van der Waals surface area contributed by atoms with E-state index in [1.54, 1.807) is 0 Å². The highest BCUT2D eigenvalue weighted by atomic mass is 16.5. The zero-order valence-corrected chi connectivity index (χ0v) is 12.8. The Morgan fingerprint density at radius 3 is 2.81 bits per heavy atom. The Bertz CT molecular complexity index is 591. The van der Waals surface area contributed by atoms with E-state index in [0.29, 0.717) is 12.6 Å². The molecule has 0 unspecified atom stereocenters. The van der Waals surface area contributed by atoms with E-state index in [0.717, 1.165) is 28.9 Å². The Morgan fingerprint density at radius 1 is 1.14 bits per heavy atom. The van der Waals surface area contributed by atoms with Crippen molar-refractivity contribution in [1.82, 2.24) is 10.3 Å². The smallest absolute Gasteiger partial charge is 0.120 e. The minimum atomic E-state index is 0.677. The number of ether oxygens (including phenoxy) is 1. The first-order valence-corrected chi connectivity index (χ1v) is 8.11. The van der Waals surface area contributed by atoms with Crippen molar-refractivity contribution in [3.8, 4) is 5.75 Å². The normalized spacial score (nSPS) is 16.2. The van der Waals surface area contributed by atoms with Crippen molar-refractivity contribution in [3.63, 3.8) is 0 Å². The molecule has 0 radical (unpaired) electrons. The van der Waals surface area contributed by atoms with Crippen molar-refractivity contribution in [2.45, 2.75) is 51.6 Å². The van der Waals surface area contributed by atoms with Gasteiger partial charge in [-0.15, -0.1) is 0 Å². The van der Waals surface area contributed by atoms with Gasteiger partial charge in [0.1, 0.15) is 5.75 Å². The van der Waals surface area contributed by atoms with E-state index in [2.05, 4.69) is 23.5 Å². The minimum absolute atomic E-state index is 0.677. The van der Waals surface area contributed by atoms with Gasteiger partial charge in [-0.3, -0.25) is 4.98 Å². The van der Waals surface area contributed by atoms with Gasteiger partial charge in [-0.25, -0.2) is 0 Å². The Balaban J connectivity index is 1.67. The molecule has 0 aliphatic heterocycles. The molecule has 21 heavy (non-hydrogen) atoms. The maximum atomic E-state index is 5.53. The Kier molecular flexibility index (Phi) is 4.71. The van der Waals surface area contributed by atoms with Crippen LogP contribution in [0.3, 0.4) is 0 Å². The highest BCUT2D eigenvalue weighted by Crippen LogP contribution is 2.21. The van der Waals surface area contributed by atoms with E-state index >= 15 is 0 Å². The molecule has 1 fully saturated rings. The van der Waals surface area contributed by atoms with E-state index in [4.69, 9.17) is 9.72 Å². The van der Waals surface area contributed by atoms with Crippen LogP contribution in [0.1, 0.15) is 44.7 Å². The molecule has 0 saturated heterocycles. The quantitative estimate of drug-likeness (QED) is 0.899. The van der Waals surface area contributed by atoms with Gasteiger partial charge in [0.15, 0.2) is 0 Å². The summed E-state index contributed by atoms with van der Waals surface area (Å²) in [5, 5.41) is 4.79. The second-order valence-corrected chi connectivity index (χ2v) is 5.81. The second-order valence-electron chi connectivity index (χ2n) is 5.81. The molecule has 1 saturated carbocycles. The van der Waals surface area contributed by atoms with E-state index in [1.165, 1.54) is 32.1 Å². The maximum absolute atomic E-state index is 5.53. The topological polar surface area (TPSA) is 34.1 Å². The van der Waals surface area contributed by atoms with Crippen molar-refractivity contribution in [1.29, 1.82) is 0 Å². The summed E-state index contributed by atoms with van der Waals surface area (Å²) in [6.07, 6.45) is 6.75. The molecule has 3 rings (SSSR count). The third kappa shape index (κ3) is 3.73. The summed E-state index contributed by atoms with van der Waals surface area (Å²) in [7, 11) is 0. The average molecular weight is 284 g/mol. The standard InChI is InChI=1S/C18H24N2O/c1-2-21-17-10-11-18-14(12-17)8-9-16(20-18)13-19-15-6-4-3-5-7-15/h8-12,15,19H,2-7,13H2,1H3. The number of aromatic nitrogens is 1. The van der Waals surface area contributed by atoms with Crippen LogP contribution in [0.25, 0.3) is 10.9 Å². The summed E-state index contributed by atoms with van der Waals surface area (Å²) in [6, 6.07) is 11.0. The van der Waals surface area contributed by atoms with Crippen LogP contribution in [0.2, 0.25) is 0 Å². The van der Waals surface area contributed by atoms with Gasteiger partial charge in [0.05, 0.1) is 17.8 Å². The zero-order chi connectivity index (χ0) is 14.5. The summed E-state index contributed by atoms with van der Waals surface area (Å²) in [6.45, 7) is 3.57. The van der Waals surface area contributed by atoms with Crippen LogP contribution in [0, 0.1) is 0 Å². The van der Waals surface area contributed by atoms with Crippen LogP contribution in [-0.2, 0) is 6.54 Å². The lowest BCUT2D eigenvalue weighted by Crippen LogP contribution is -2.30. The molecule has 1 aromatic carbocycles. The van der Waals surface area contributed by atoms with Gasteiger partial charge in [0.25, 0.3) is 0 Å². The van der Waals surface area contributed by atoms with Gasteiger partial charge in [-0.1, -0.05) is 25.3 Å². The Morgan fingerprint density at radius 2 is 2.00 bits per heavy atom. The third-order valence-electron chi connectivity index (χ3n) is 4.21. The molecule has 1 N–H and O–H groups in total. The lowest BCUT2D eigenvalue weighted by molar-refractivity contribution is 0.340. The van der Waals surface area contributed by atoms with Crippen LogP contribution in [-0.4, -0.2) is 17.6 Å². The third-order valence-corrected chi connectivity index (χ3v) is 4.21. The SMILES string of the molecule is CCOc1ccc2nc(CNC3CCCCC3)ccc2c1. The van der Waals surface area contributed by atoms with Crippen molar-refractivity contribution < 1.29 is 4.74 Å². The van der Waals surface area contributed by atoms with Crippen molar-refractivity contribution in [2.24, 2.45) is 0 Å². The van der Waals surface area contributed by atoms with Gasteiger partial charge in [0.2, 0.25) is 0 Å². The number of benzene rings is 1. The predicted octanol–water partition coefficient (Wildman–Crippen LogP) is 4.06. The van der Waals surface area contributed by atoms with Crippen LogP contribution < -0.4 is 10.1 Å². The fourth-order valence-electron chi connectivity index (χ4n) is 3.06. The number of nitrogens with zero attached hydrogens (tertiary/aromatic N) is 1. The van der Waals surface area contributed by atoms with E-state index < -0.39 is 0 Å². The number of hydrogen-bond acceptors (Lipinski definition) is 3. The summed E-state index contributed by atoms with van der Waals surface area (Å²) >= 11 is 0. The number of pyridine rings is 1. The number of nitrogens with one attached hydrogen (secondary N) is 1. The van der Waals surface area contributed by atoms with E-state index in [9.17, 15) is 0 Å². The average Bonchev–Trinajstić information content (AvgIpc) is 2.54. The molecule has 1 aromatic heterocycles. The first-order chi connectivity index (χ1) is 10.3. The highest BCUT2D eigenvalue weighted by Gasteiger charge is 2.12. The molecule has 3 heteroatoms. The molecule has 0 atom stereocenters. The zero-order valence-electron chi connectivity index (χ0n) is 12.8. The van der Waals surface area contributed by atoms with Gasteiger partial charge < -0.3 is 10.1 Å². The van der Waals surface area contributed by atoms with E-state index in [1.807, 2.05) is 19.1 Å². The predicted molar refractivity (Wildman–Crippen MR) is 86.6 cm³/mol. The van der Waals surface area contributed by atoms with Crippen LogP contribution in [0.4, 0.5) is 0 Å². The Hall–Kier alpha value is -1.61. The molecule has 0 bridgehead atoms.